The van der Waals surface area contributed by atoms with Crippen LogP contribution in [-0.4, -0.2) is 34.4 Å². The van der Waals surface area contributed by atoms with Crippen molar-refractivity contribution in [3.8, 4) is 28.7 Å². The average Bonchev–Trinajstić information content (AvgIpc) is 3.17. The minimum Gasteiger partial charge on any atom is -0.493 e. The van der Waals surface area contributed by atoms with Crippen LogP contribution in [0.1, 0.15) is 27.2 Å². The van der Waals surface area contributed by atoms with E-state index in [9.17, 15) is 9.59 Å². The number of nitrogens with zero attached hydrogens (tertiary/aromatic N) is 3. The Morgan fingerprint density at radius 2 is 1.60 bits per heavy atom. The van der Waals surface area contributed by atoms with Crippen LogP contribution >= 0.6 is 0 Å². The van der Waals surface area contributed by atoms with Crippen molar-refractivity contribution in [2.75, 3.05) is 14.2 Å². The molecule has 5 aromatic rings. The molecule has 9 heteroatoms. The fourth-order valence-electron chi connectivity index (χ4n) is 4.67. The van der Waals surface area contributed by atoms with Crippen LogP contribution in [0.25, 0.3) is 16.6 Å². The van der Waals surface area contributed by atoms with E-state index in [1.807, 2.05) is 31.2 Å². The summed E-state index contributed by atoms with van der Waals surface area (Å²) in [5.74, 6) is 0.330. The normalized spacial score (nSPS) is 11.1. The molecule has 0 saturated carbocycles. The number of carbonyl (C=O) groups excluding carboxylic acids is 1. The highest BCUT2D eigenvalue weighted by atomic mass is 19.1. The van der Waals surface area contributed by atoms with Gasteiger partial charge in [0, 0.05) is 36.8 Å². The average molecular weight is 542 g/mol. The van der Waals surface area contributed by atoms with Crippen molar-refractivity contribution in [3.05, 3.63) is 105 Å². The molecule has 40 heavy (non-hydrogen) atoms. The number of pyridine rings is 1. The molecule has 0 amide bonds. The van der Waals surface area contributed by atoms with Crippen LogP contribution < -0.4 is 19.8 Å². The van der Waals surface area contributed by atoms with Gasteiger partial charge in [0.1, 0.15) is 11.3 Å². The van der Waals surface area contributed by atoms with E-state index in [0.717, 1.165) is 5.56 Å². The molecule has 0 atom stereocenters. The van der Waals surface area contributed by atoms with Gasteiger partial charge in [-0.15, -0.1) is 0 Å². The maximum absolute atomic E-state index is 15.2. The predicted octanol–water partition coefficient (Wildman–Crippen LogP) is 5.72. The minimum absolute atomic E-state index is 0.0175. The molecule has 0 N–H and O–H groups in total. The van der Waals surface area contributed by atoms with E-state index in [2.05, 4.69) is 4.98 Å². The molecular formula is C31H28FN3O5. The summed E-state index contributed by atoms with van der Waals surface area (Å²) in [6, 6.07) is 16.8. The quantitative estimate of drug-likeness (QED) is 0.234. The van der Waals surface area contributed by atoms with Gasteiger partial charge < -0.3 is 14.2 Å². The molecular weight excluding hydrogens is 513 g/mol. The van der Waals surface area contributed by atoms with Gasteiger partial charge in [-0.3, -0.25) is 19.3 Å². The number of Topliss-reactive ketones (excluding diaryl/α,β-unsaturated/α-hetero) is 1. The van der Waals surface area contributed by atoms with Gasteiger partial charge in [-0.05, 0) is 55.8 Å². The summed E-state index contributed by atoms with van der Waals surface area (Å²) in [5.41, 5.74) is 2.94. The van der Waals surface area contributed by atoms with Gasteiger partial charge in [0.15, 0.2) is 28.8 Å². The van der Waals surface area contributed by atoms with Crippen molar-refractivity contribution in [3.63, 3.8) is 0 Å². The lowest BCUT2D eigenvalue weighted by Crippen LogP contribution is -2.23. The summed E-state index contributed by atoms with van der Waals surface area (Å²) in [5, 5.41) is 0.614. The summed E-state index contributed by atoms with van der Waals surface area (Å²) >= 11 is 0. The number of hydrogen-bond donors (Lipinski definition) is 0. The standard InChI is InChI=1S/C31H28FN3O5/c1-18-6-9-21(10-7-18)35-31(37)30(19(2)34(35)3)25(36)15-20-8-11-27(23(32)14-20)40-26-12-13-33-24-17-29(39-5)28(38-4)16-22(24)26/h6-14,16-17H,15H2,1-5H3. The highest BCUT2D eigenvalue weighted by molar-refractivity contribution is 5.98. The Bertz CT molecular complexity index is 1810. The number of benzene rings is 3. The number of methoxy groups -OCH3 is 2. The monoisotopic (exact) mass is 541 g/mol. The Labute approximate surface area is 230 Å². The van der Waals surface area contributed by atoms with E-state index in [0.29, 0.717) is 45.1 Å². The van der Waals surface area contributed by atoms with Crippen molar-refractivity contribution in [1.29, 1.82) is 0 Å². The number of carbonyl (C=O) groups is 1. The van der Waals surface area contributed by atoms with Gasteiger partial charge in [-0.25, -0.2) is 9.07 Å². The van der Waals surface area contributed by atoms with Gasteiger partial charge in [-0.1, -0.05) is 23.8 Å². The van der Waals surface area contributed by atoms with Crippen LogP contribution in [0, 0.1) is 19.7 Å². The lowest BCUT2D eigenvalue weighted by atomic mass is 10.0. The van der Waals surface area contributed by atoms with E-state index in [4.69, 9.17) is 14.2 Å². The van der Waals surface area contributed by atoms with E-state index >= 15 is 4.39 Å². The highest BCUT2D eigenvalue weighted by Gasteiger charge is 2.23. The molecule has 0 unspecified atom stereocenters. The van der Waals surface area contributed by atoms with E-state index in [-0.39, 0.29) is 17.7 Å². The van der Waals surface area contributed by atoms with Crippen LogP contribution in [0.4, 0.5) is 4.39 Å². The van der Waals surface area contributed by atoms with Crippen molar-refractivity contribution in [2.45, 2.75) is 20.3 Å². The third-order valence-corrected chi connectivity index (χ3v) is 6.90. The molecule has 0 aliphatic heterocycles. The van der Waals surface area contributed by atoms with Gasteiger partial charge in [0.2, 0.25) is 0 Å². The van der Waals surface area contributed by atoms with Crippen LogP contribution in [0.3, 0.4) is 0 Å². The molecule has 0 aliphatic carbocycles. The Balaban J connectivity index is 1.41. The molecule has 0 spiro atoms. The number of aryl methyl sites for hydroxylation is 1. The molecule has 0 fully saturated rings. The first-order chi connectivity index (χ1) is 19.2. The fourth-order valence-corrected chi connectivity index (χ4v) is 4.67. The SMILES string of the molecule is COc1cc2nccc(Oc3ccc(CC(=O)c4c(C)n(C)n(-c5ccc(C)cc5)c4=O)cc3F)c2cc1OC. The molecule has 5 rings (SSSR count). The Morgan fingerprint density at radius 3 is 2.27 bits per heavy atom. The lowest BCUT2D eigenvalue weighted by Gasteiger charge is -2.13. The fraction of sp³-hybridized carbons (Fsp3) is 0.194. The number of ether oxygens (including phenoxy) is 3. The molecule has 2 heterocycles. The van der Waals surface area contributed by atoms with Gasteiger partial charge in [0.05, 0.1) is 25.4 Å². The van der Waals surface area contributed by atoms with Crippen LogP contribution in [0.15, 0.2) is 71.7 Å². The maximum atomic E-state index is 15.2. The first-order valence-corrected chi connectivity index (χ1v) is 12.6. The Morgan fingerprint density at radius 1 is 0.900 bits per heavy atom. The molecule has 8 nitrogen and oxygen atoms in total. The largest absolute Gasteiger partial charge is 0.493 e. The van der Waals surface area contributed by atoms with E-state index in [1.54, 1.807) is 49.1 Å². The van der Waals surface area contributed by atoms with Crippen molar-refractivity contribution in [1.82, 2.24) is 14.3 Å². The summed E-state index contributed by atoms with van der Waals surface area (Å²) in [6.45, 7) is 3.68. The zero-order chi connectivity index (χ0) is 28.6. The van der Waals surface area contributed by atoms with Gasteiger partial charge >= 0.3 is 0 Å². The molecule has 0 saturated heterocycles. The molecule has 3 aromatic carbocycles. The summed E-state index contributed by atoms with van der Waals surface area (Å²) < 4.78 is 34.9. The van der Waals surface area contributed by atoms with Crippen molar-refractivity contribution < 1.29 is 23.4 Å². The number of rotatable bonds is 8. The zero-order valence-electron chi connectivity index (χ0n) is 22.8. The van der Waals surface area contributed by atoms with Crippen molar-refractivity contribution in [2.24, 2.45) is 7.05 Å². The Kier molecular flexibility index (Phi) is 7.13. The van der Waals surface area contributed by atoms with E-state index in [1.165, 1.54) is 31.0 Å². The number of aromatic nitrogens is 3. The first kappa shape index (κ1) is 26.7. The predicted molar refractivity (Wildman–Crippen MR) is 150 cm³/mol. The number of hydrogen-bond acceptors (Lipinski definition) is 6. The zero-order valence-corrected chi connectivity index (χ0v) is 22.8. The number of halogens is 1. The second-order valence-corrected chi connectivity index (χ2v) is 9.44. The summed E-state index contributed by atoms with van der Waals surface area (Å²) in [6.07, 6.45) is 1.42. The van der Waals surface area contributed by atoms with Gasteiger partial charge in [-0.2, -0.15) is 0 Å². The molecule has 204 valence electrons. The van der Waals surface area contributed by atoms with Crippen LogP contribution in [0.5, 0.6) is 23.0 Å². The summed E-state index contributed by atoms with van der Waals surface area (Å²) in [7, 11) is 4.78. The number of fused-ring (bicyclic) bond motifs is 1. The third kappa shape index (κ3) is 4.82. The second kappa shape index (κ2) is 10.7. The summed E-state index contributed by atoms with van der Waals surface area (Å²) in [4.78, 5) is 30.8. The Hall–Kier alpha value is -4.92. The third-order valence-electron chi connectivity index (χ3n) is 6.90. The minimum atomic E-state index is -0.641. The second-order valence-electron chi connectivity index (χ2n) is 9.44. The molecule has 0 aliphatic rings. The van der Waals surface area contributed by atoms with Crippen molar-refractivity contribution >= 4 is 16.7 Å². The molecule has 0 bridgehead atoms. The van der Waals surface area contributed by atoms with Gasteiger partial charge in [0.25, 0.3) is 5.56 Å². The lowest BCUT2D eigenvalue weighted by molar-refractivity contribution is 0.0991. The smallest absolute Gasteiger partial charge is 0.282 e. The van der Waals surface area contributed by atoms with E-state index < -0.39 is 17.2 Å². The van der Waals surface area contributed by atoms with Crippen LogP contribution in [0.2, 0.25) is 0 Å². The highest BCUT2D eigenvalue weighted by Crippen LogP contribution is 2.37. The molecule has 2 aromatic heterocycles. The topological polar surface area (TPSA) is 84.6 Å². The maximum Gasteiger partial charge on any atom is 0.282 e. The molecule has 0 radical (unpaired) electrons. The van der Waals surface area contributed by atoms with Crippen LogP contribution in [-0.2, 0) is 13.5 Å². The first-order valence-electron chi connectivity index (χ1n) is 12.6. The number of ketones is 1.